The predicted molar refractivity (Wildman–Crippen MR) is 41.7 cm³/mol. The highest BCUT2D eigenvalue weighted by Crippen LogP contribution is 2.26. The van der Waals surface area contributed by atoms with Crippen LogP contribution in [0.2, 0.25) is 0 Å². The van der Waals surface area contributed by atoms with Gasteiger partial charge >= 0.3 is 0 Å². The van der Waals surface area contributed by atoms with Crippen LogP contribution in [-0.2, 0) is 4.79 Å². The van der Waals surface area contributed by atoms with Crippen molar-refractivity contribution in [3.63, 3.8) is 0 Å². The fourth-order valence-corrected chi connectivity index (χ4v) is 1.62. The third kappa shape index (κ3) is 2.04. The summed E-state index contributed by atoms with van der Waals surface area (Å²) in [5.41, 5.74) is 0. The Kier molecular flexibility index (Phi) is 2.64. The van der Waals surface area contributed by atoms with E-state index in [0.717, 1.165) is 25.7 Å². The van der Waals surface area contributed by atoms with Gasteiger partial charge in [0.2, 0.25) is 0 Å². The monoisotopic (exact) mass is 151 g/mol. The molecule has 0 N–H and O–H groups in total. The molecule has 60 valence electrons. The second kappa shape index (κ2) is 3.52. The maximum absolute atomic E-state index is 11.1. The molecule has 2 heteroatoms. The summed E-state index contributed by atoms with van der Waals surface area (Å²) in [7, 11) is 0. The van der Waals surface area contributed by atoms with Gasteiger partial charge in [-0.15, -0.1) is 0 Å². The highest BCUT2D eigenvalue weighted by Gasteiger charge is 2.25. The third-order valence-corrected chi connectivity index (χ3v) is 2.29. The summed E-state index contributed by atoms with van der Waals surface area (Å²) < 4.78 is 0. The standard InChI is InChI=1S/C9H13NO/c1-7(6-10)5-8-3-2-4-9(8)11/h7-8H,2-5H2,1H3. The van der Waals surface area contributed by atoms with Gasteiger partial charge in [-0.3, -0.25) is 4.79 Å². The molecule has 0 aromatic rings. The molecule has 0 aromatic carbocycles. The Hall–Kier alpha value is -0.840. The Bertz CT molecular complexity index is 192. The van der Waals surface area contributed by atoms with Gasteiger partial charge in [0, 0.05) is 18.3 Å². The van der Waals surface area contributed by atoms with Crippen molar-refractivity contribution in [2.75, 3.05) is 0 Å². The molecule has 1 aliphatic carbocycles. The highest BCUT2D eigenvalue weighted by atomic mass is 16.1. The number of nitrogens with zero attached hydrogens (tertiary/aromatic N) is 1. The van der Waals surface area contributed by atoms with Gasteiger partial charge in [-0.05, 0) is 26.2 Å². The van der Waals surface area contributed by atoms with Crippen molar-refractivity contribution in [3.05, 3.63) is 0 Å². The van der Waals surface area contributed by atoms with E-state index in [9.17, 15) is 4.79 Å². The van der Waals surface area contributed by atoms with E-state index >= 15 is 0 Å². The molecular weight excluding hydrogens is 138 g/mol. The zero-order valence-corrected chi connectivity index (χ0v) is 6.84. The number of hydrogen-bond donors (Lipinski definition) is 0. The maximum Gasteiger partial charge on any atom is 0.136 e. The van der Waals surface area contributed by atoms with Crippen LogP contribution in [0.4, 0.5) is 0 Å². The Balaban J connectivity index is 2.38. The predicted octanol–water partition coefficient (Wildman–Crippen LogP) is 1.91. The maximum atomic E-state index is 11.1. The van der Waals surface area contributed by atoms with Crippen LogP contribution < -0.4 is 0 Å². The Labute approximate surface area is 67.2 Å². The van der Waals surface area contributed by atoms with Crippen LogP contribution >= 0.6 is 0 Å². The summed E-state index contributed by atoms with van der Waals surface area (Å²) in [6.07, 6.45) is 3.55. The summed E-state index contributed by atoms with van der Waals surface area (Å²) in [5, 5.41) is 8.52. The largest absolute Gasteiger partial charge is 0.299 e. The molecule has 2 atom stereocenters. The molecule has 0 aromatic heterocycles. The van der Waals surface area contributed by atoms with Gasteiger partial charge in [-0.1, -0.05) is 0 Å². The molecule has 0 radical (unpaired) electrons. The first-order valence-corrected chi connectivity index (χ1v) is 4.16. The van der Waals surface area contributed by atoms with Gasteiger partial charge in [0.25, 0.3) is 0 Å². The van der Waals surface area contributed by atoms with Crippen LogP contribution in [0.15, 0.2) is 0 Å². The molecule has 2 nitrogen and oxygen atoms in total. The fourth-order valence-electron chi connectivity index (χ4n) is 1.62. The van der Waals surface area contributed by atoms with Crippen molar-refractivity contribution in [1.29, 1.82) is 5.26 Å². The first-order chi connectivity index (χ1) is 5.24. The van der Waals surface area contributed by atoms with Crippen molar-refractivity contribution in [2.24, 2.45) is 11.8 Å². The summed E-state index contributed by atoms with van der Waals surface area (Å²) in [6.45, 7) is 1.88. The minimum atomic E-state index is 0.0436. The quantitative estimate of drug-likeness (QED) is 0.604. The van der Waals surface area contributed by atoms with E-state index in [-0.39, 0.29) is 11.8 Å². The van der Waals surface area contributed by atoms with Gasteiger partial charge in [-0.25, -0.2) is 0 Å². The number of hydrogen-bond acceptors (Lipinski definition) is 2. The molecule has 0 heterocycles. The van der Waals surface area contributed by atoms with E-state index in [1.54, 1.807) is 0 Å². The normalized spacial score (nSPS) is 26.5. The summed E-state index contributed by atoms with van der Waals surface area (Å²) in [5.74, 6) is 0.610. The molecule has 1 fully saturated rings. The zero-order chi connectivity index (χ0) is 8.27. The van der Waals surface area contributed by atoms with Crippen molar-refractivity contribution >= 4 is 5.78 Å². The molecular formula is C9H13NO. The topological polar surface area (TPSA) is 40.9 Å². The number of rotatable bonds is 2. The molecule has 0 amide bonds. The van der Waals surface area contributed by atoms with Crippen LogP contribution in [0, 0.1) is 23.2 Å². The lowest BCUT2D eigenvalue weighted by Crippen LogP contribution is -2.09. The lowest BCUT2D eigenvalue weighted by atomic mass is 9.95. The van der Waals surface area contributed by atoms with E-state index < -0.39 is 0 Å². The SMILES string of the molecule is CC(C#N)CC1CCCC1=O. The molecule has 0 saturated heterocycles. The van der Waals surface area contributed by atoms with Gasteiger partial charge in [0.15, 0.2) is 0 Å². The first-order valence-electron chi connectivity index (χ1n) is 4.16. The lowest BCUT2D eigenvalue weighted by molar-refractivity contribution is -0.120. The van der Waals surface area contributed by atoms with Gasteiger partial charge in [0.05, 0.1) is 6.07 Å². The number of carbonyl (C=O) groups excluding carboxylic acids is 1. The Morgan fingerprint density at radius 2 is 2.55 bits per heavy atom. The number of ketones is 1. The van der Waals surface area contributed by atoms with Crippen molar-refractivity contribution < 1.29 is 4.79 Å². The first kappa shape index (κ1) is 8.26. The Morgan fingerprint density at radius 3 is 3.00 bits per heavy atom. The smallest absolute Gasteiger partial charge is 0.136 e. The molecule has 11 heavy (non-hydrogen) atoms. The molecule has 1 aliphatic rings. The fraction of sp³-hybridized carbons (Fsp3) is 0.778. The average molecular weight is 151 g/mol. The van der Waals surface area contributed by atoms with Crippen molar-refractivity contribution in [2.45, 2.75) is 32.6 Å². The third-order valence-electron chi connectivity index (χ3n) is 2.29. The van der Waals surface area contributed by atoms with Crippen LogP contribution in [0.3, 0.4) is 0 Å². The van der Waals surface area contributed by atoms with Gasteiger partial charge in [-0.2, -0.15) is 5.26 Å². The molecule has 2 unspecified atom stereocenters. The van der Waals surface area contributed by atoms with E-state index in [2.05, 4.69) is 6.07 Å². The lowest BCUT2D eigenvalue weighted by Gasteiger charge is -2.07. The van der Waals surface area contributed by atoms with Gasteiger partial charge in [0.1, 0.15) is 5.78 Å². The second-order valence-electron chi connectivity index (χ2n) is 3.32. The van der Waals surface area contributed by atoms with Crippen LogP contribution in [0.5, 0.6) is 0 Å². The van der Waals surface area contributed by atoms with Crippen LogP contribution in [-0.4, -0.2) is 5.78 Å². The van der Waals surface area contributed by atoms with E-state index in [1.807, 2.05) is 6.92 Å². The van der Waals surface area contributed by atoms with E-state index in [1.165, 1.54) is 0 Å². The minimum Gasteiger partial charge on any atom is -0.299 e. The van der Waals surface area contributed by atoms with Gasteiger partial charge < -0.3 is 0 Å². The van der Waals surface area contributed by atoms with Crippen LogP contribution in [0.1, 0.15) is 32.6 Å². The Morgan fingerprint density at radius 1 is 1.82 bits per heavy atom. The van der Waals surface area contributed by atoms with E-state index in [4.69, 9.17) is 5.26 Å². The average Bonchev–Trinajstić information content (AvgIpc) is 2.37. The molecule has 0 bridgehead atoms. The number of Topliss-reactive ketones (excluding diaryl/α,β-unsaturated/α-hetero) is 1. The number of carbonyl (C=O) groups is 1. The molecule has 1 rings (SSSR count). The summed E-state index contributed by atoms with van der Waals surface area (Å²) >= 11 is 0. The second-order valence-corrected chi connectivity index (χ2v) is 3.32. The molecule has 0 aliphatic heterocycles. The molecule has 0 spiro atoms. The van der Waals surface area contributed by atoms with Crippen molar-refractivity contribution in [1.82, 2.24) is 0 Å². The zero-order valence-electron chi connectivity index (χ0n) is 6.84. The highest BCUT2D eigenvalue weighted by molar-refractivity contribution is 5.82. The molecule has 1 saturated carbocycles. The summed E-state index contributed by atoms with van der Waals surface area (Å²) in [4.78, 5) is 11.1. The van der Waals surface area contributed by atoms with E-state index in [0.29, 0.717) is 5.78 Å². The minimum absolute atomic E-state index is 0.0436. The number of nitriles is 1. The van der Waals surface area contributed by atoms with Crippen LogP contribution in [0.25, 0.3) is 0 Å². The summed E-state index contributed by atoms with van der Waals surface area (Å²) in [6, 6.07) is 2.16. The van der Waals surface area contributed by atoms with Crippen molar-refractivity contribution in [3.8, 4) is 6.07 Å².